The molecule has 1 aliphatic carbocycles. The van der Waals surface area contributed by atoms with Gasteiger partial charge in [-0.05, 0) is 61.8 Å². The molecule has 29 heavy (non-hydrogen) atoms. The van der Waals surface area contributed by atoms with Crippen molar-refractivity contribution in [3.05, 3.63) is 34.9 Å². The van der Waals surface area contributed by atoms with Crippen LogP contribution in [0.1, 0.15) is 60.0 Å². The van der Waals surface area contributed by atoms with Crippen LogP contribution in [0, 0.1) is 5.92 Å². The summed E-state index contributed by atoms with van der Waals surface area (Å²) in [6.07, 6.45) is 5.80. The molecule has 3 amide bonds. The van der Waals surface area contributed by atoms with Gasteiger partial charge in [0.25, 0.3) is 5.91 Å². The average Bonchev–Trinajstić information content (AvgIpc) is 3.03. The van der Waals surface area contributed by atoms with Gasteiger partial charge in [-0.25, -0.2) is 0 Å². The summed E-state index contributed by atoms with van der Waals surface area (Å²) in [7, 11) is 0. The van der Waals surface area contributed by atoms with Gasteiger partial charge in [-0.2, -0.15) is 0 Å². The molecule has 2 saturated heterocycles. The highest BCUT2D eigenvalue weighted by atomic mass is 16.2. The van der Waals surface area contributed by atoms with Gasteiger partial charge in [0.2, 0.25) is 11.8 Å². The number of fused-ring (bicyclic) bond motifs is 3. The maximum Gasteiger partial charge on any atom is 0.255 e. The standard InChI is InChI=1S/C22H28N4O3/c27-20-6-5-19(21(28)25-20)26-12-15-9-14(1-3-16(15)22(26)29)11-24-17-4-2-13-7-8-23-18(17)10-13/h1,3,9,13,17-19,23-24H,2,4-8,10-12H2,(H,25,27,28). The average molecular weight is 396 g/mol. The van der Waals surface area contributed by atoms with Crippen molar-refractivity contribution in [1.82, 2.24) is 20.9 Å². The fraction of sp³-hybridized carbons (Fsp3) is 0.591. The van der Waals surface area contributed by atoms with Gasteiger partial charge in [0.05, 0.1) is 0 Å². The smallest absolute Gasteiger partial charge is 0.255 e. The molecule has 5 rings (SSSR count). The van der Waals surface area contributed by atoms with Crippen LogP contribution in [-0.2, 0) is 22.7 Å². The van der Waals surface area contributed by atoms with E-state index in [1.54, 1.807) is 4.90 Å². The van der Waals surface area contributed by atoms with Gasteiger partial charge in [0.15, 0.2) is 0 Å². The molecule has 3 heterocycles. The lowest BCUT2D eigenvalue weighted by atomic mass is 9.78. The molecule has 0 spiro atoms. The molecule has 3 N–H and O–H groups in total. The molecule has 0 aromatic heterocycles. The second-order valence-corrected chi connectivity index (χ2v) is 8.91. The summed E-state index contributed by atoms with van der Waals surface area (Å²) in [6.45, 7) is 2.35. The zero-order valence-electron chi connectivity index (χ0n) is 16.6. The van der Waals surface area contributed by atoms with Crippen LogP contribution in [0.2, 0.25) is 0 Å². The van der Waals surface area contributed by atoms with E-state index >= 15 is 0 Å². The molecule has 1 saturated carbocycles. The van der Waals surface area contributed by atoms with Crippen molar-refractivity contribution in [3.8, 4) is 0 Å². The fourth-order valence-corrected chi connectivity index (χ4v) is 5.45. The summed E-state index contributed by atoms with van der Waals surface area (Å²) >= 11 is 0. The first-order valence-corrected chi connectivity index (χ1v) is 10.8. The second-order valence-electron chi connectivity index (χ2n) is 8.91. The van der Waals surface area contributed by atoms with Crippen LogP contribution in [0.25, 0.3) is 0 Å². The molecule has 4 aliphatic rings. The molecule has 7 nitrogen and oxygen atoms in total. The highest BCUT2D eigenvalue weighted by Gasteiger charge is 2.39. The summed E-state index contributed by atoms with van der Waals surface area (Å²) in [5.41, 5.74) is 2.81. The number of carbonyl (C=O) groups excluding carboxylic acids is 3. The van der Waals surface area contributed by atoms with Crippen molar-refractivity contribution in [2.45, 2.75) is 69.7 Å². The van der Waals surface area contributed by atoms with Crippen LogP contribution in [-0.4, -0.2) is 47.3 Å². The van der Waals surface area contributed by atoms with Crippen LogP contribution in [0.4, 0.5) is 0 Å². The van der Waals surface area contributed by atoms with Crippen LogP contribution in [0.3, 0.4) is 0 Å². The monoisotopic (exact) mass is 396 g/mol. The van der Waals surface area contributed by atoms with E-state index in [-0.39, 0.29) is 24.1 Å². The Balaban J connectivity index is 1.24. The molecule has 4 unspecified atom stereocenters. The van der Waals surface area contributed by atoms with Crippen molar-refractivity contribution in [2.24, 2.45) is 5.92 Å². The zero-order chi connectivity index (χ0) is 20.0. The molecule has 3 aliphatic heterocycles. The van der Waals surface area contributed by atoms with Crippen LogP contribution in [0.5, 0.6) is 0 Å². The molecular weight excluding hydrogens is 368 g/mol. The number of imide groups is 1. The van der Waals surface area contributed by atoms with Gasteiger partial charge in [-0.3, -0.25) is 19.7 Å². The van der Waals surface area contributed by atoms with Gasteiger partial charge in [0.1, 0.15) is 6.04 Å². The van der Waals surface area contributed by atoms with E-state index in [0.717, 1.165) is 24.6 Å². The minimum Gasteiger partial charge on any atom is -0.322 e. The first-order chi connectivity index (χ1) is 14.1. The Kier molecular flexibility index (Phi) is 4.87. The lowest BCUT2D eigenvalue weighted by molar-refractivity contribution is -0.136. The maximum atomic E-state index is 12.8. The lowest BCUT2D eigenvalue weighted by Gasteiger charge is -2.41. The van der Waals surface area contributed by atoms with Crippen LogP contribution in [0.15, 0.2) is 18.2 Å². The first kappa shape index (κ1) is 18.8. The molecule has 4 atom stereocenters. The number of hydrogen-bond acceptors (Lipinski definition) is 5. The van der Waals surface area contributed by atoms with Gasteiger partial charge in [0, 0.05) is 37.2 Å². The Morgan fingerprint density at radius 1 is 1.10 bits per heavy atom. The minimum atomic E-state index is -0.554. The third-order valence-electron chi connectivity index (χ3n) is 7.07. The number of hydrogen-bond donors (Lipinski definition) is 3. The number of benzene rings is 1. The van der Waals surface area contributed by atoms with E-state index in [9.17, 15) is 14.4 Å². The van der Waals surface area contributed by atoms with Gasteiger partial charge in [-0.1, -0.05) is 12.1 Å². The summed E-state index contributed by atoms with van der Waals surface area (Å²) in [5.74, 6) is 0.160. The summed E-state index contributed by atoms with van der Waals surface area (Å²) in [5, 5.41) is 9.73. The quantitative estimate of drug-likeness (QED) is 0.663. The molecule has 0 radical (unpaired) electrons. The summed E-state index contributed by atoms with van der Waals surface area (Å²) in [6, 6.07) is 6.50. The van der Waals surface area contributed by atoms with Gasteiger partial charge in [-0.15, -0.1) is 0 Å². The predicted molar refractivity (Wildman–Crippen MR) is 107 cm³/mol. The van der Waals surface area contributed by atoms with E-state index in [0.29, 0.717) is 30.6 Å². The number of amides is 3. The third kappa shape index (κ3) is 3.57. The Morgan fingerprint density at radius 2 is 2.00 bits per heavy atom. The number of piperidine rings is 2. The van der Waals surface area contributed by atoms with Crippen LogP contribution >= 0.6 is 0 Å². The van der Waals surface area contributed by atoms with E-state index in [4.69, 9.17) is 0 Å². The predicted octanol–water partition coefficient (Wildman–Crippen LogP) is 1.07. The summed E-state index contributed by atoms with van der Waals surface area (Å²) in [4.78, 5) is 38.0. The van der Waals surface area contributed by atoms with Crippen molar-refractivity contribution >= 4 is 17.7 Å². The molecule has 1 aromatic rings. The van der Waals surface area contributed by atoms with Gasteiger partial charge < -0.3 is 15.5 Å². The van der Waals surface area contributed by atoms with Gasteiger partial charge >= 0.3 is 0 Å². The van der Waals surface area contributed by atoms with Crippen molar-refractivity contribution < 1.29 is 14.4 Å². The highest BCUT2D eigenvalue weighted by Crippen LogP contribution is 2.31. The van der Waals surface area contributed by atoms with E-state index in [1.807, 2.05) is 12.1 Å². The second kappa shape index (κ2) is 7.54. The van der Waals surface area contributed by atoms with E-state index in [2.05, 4.69) is 22.0 Å². The topological polar surface area (TPSA) is 90.5 Å². The largest absolute Gasteiger partial charge is 0.322 e. The van der Waals surface area contributed by atoms with Crippen molar-refractivity contribution in [1.29, 1.82) is 0 Å². The SMILES string of the molecule is O=C1CCC(N2Cc3cc(CNC4CCC5CCNC4C5)ccc3C2=O)C(=O)N1. The number of rotatable bonds is 4. The number of nitrogens with zero attached hydrogens (tertiary/aromatic N) is 1. The summed E-state index contributed by atoms with van der Waals surface area (Å²) < 4.78 is 0. The Bertz CT molecular complexity index is 854. The zero-order valence-corrected chi connectivity index (χ0v) is 16.6. The highest BCUT2D eigenvalue weighted by molar-refractivity contribution is 6.05. The van der Waals surface area contributed by atoms with Crippen LogP contribution < -0.4 is 16.0 Å². The Morgan fingerprint density at radius 3 is 2.86 bits per heavy atom. The molecular formula is C22H28N4O3. The van der Waals surface area contributed by atoms with E-state index < -0.39 is 6.04 Å². The number of nitrogens with one attached hydrogen (secondary N) is 3. The molecule has 3 fully saturated rings. The molecule has 7 heteroatoms. The number of carbonyl (C=O) groups is 3. The fourth-order valence-electron chi connectivity index (χ4n) is 5.45. The molecule has 2 bridgehead atoms. The Labute approximate surface area is 170 Å². The van der Waals surface area contributed by atoms with E-state index in [1.165, 1.54) is 31.2 Å². The molecule has 1 aromatic carbocycles. The normalized spacial score (nSPS) is 31.6. The minimum absolute atomic E-state index is 0.112. The van der Waals surface area contributed by atoms with Crippen molar-refractivity contribution in [3.63, 3.8) is 0 Å². The maximum absolute atomic E-state index is 12.8. The Hall–Kier alpha value is -2.25. The molecule has 154 valence electrons. The first-order valence-electron chi connectivity index (χ1n) is 10.8. The lowest BCUT2D eigenvalue weighted by Crippen LogP contribution is -2.54. The third-order valence-corrected chi connectivity index (χ3v) is 7.07. The van der Waals surface area contributed by atoms with Crippen molar-refractivity contribution in [2.75, 3.05) is 6.54 Å².